The first-order valence-electron chi connectivity index (χ1n) is 20.5. The quantitative estimate of drug-likeness (QED) is 0.309. The van der Waals surface area contributed by atoms with E-state index in [0.29, 0.717) is 19.1 Å². The Morgan fingerprint density at radius 1 is 0.843 bits per heavy atom. The van der Waals surface area contributed by atoms with Crippen molar-refractivity contribution in [1.82, 2.24) is 24.3 Å². The molecular formula is C42H54N8O. The van der Waals surface area contributed by atoms with Gasteiger partial charge in [0.1, 0.15) is 17.3 Å². The number of amides is 1. The number of hydrogen-bond donors (Lipinski definition) is 1. The number of anilines is 3. The predicted octanol–water partition coefficient (Wildman–Crippen LogP) is 6.70. The van der Waals surface area contributed by atoms with E-state index in [1.165, 1.54) is 79.9 Å². The maximum absolute atomic E-state index is 14.8. The molecule has 9 nitrogen and oxygen atoms in total. The third-order valence-electron chi connectivity index (χ3n) is 14.9. The third kappa shape index (κ3) is 4.78. The van der Waals surface area contributed by atoms with Crippen LogP contribution in [0.25, 0.3) is 16.6 Å². The van der Waals surface area contributed by atoms with Gasteiger partial charge in [0.15, 0.2) is 0 Å². The number of fused-ring (bicyclic) bond motifs is 3. The SMILES string of the molecule is CC[C@@]12C=C(C(=O)N3CCN(c4cc(N5CCCC5)nc(NC56CC7CC(CC(C7)C5)C6)n4)CC3)n3c4c(c5ccccc53)CCN(CCC1)[C@H]42. The highest BCUT2D eigenvalue weighted by atomic mass is 16.2. The summed E-state index contributed by atoms with van der Waals surface area (Å²) in [6.07, 6.45) is 17.5. The molecule has 5 aliphatic heterocycles. The van der Waals surface area contributed by atoms with Crippen LogP contribution >= 0.6 is 0 Å². The lowest BCUT2D eigenvalue weighted by Crippen LogP contribution is -2.55. The van der Waals surface area contributed by atoms with Crippen molar-refractivity contribution in [2.75, 3.05) is 67.5 Å². The van der Waals surface area contributed by atoms with Gasteiger partial charge in [0.25, 0.3) is 5.91 Å². The van der Waals surface area contributed by atoms with Crippen molar-refractivity contribution in [1.29, 1.82) is 0 Å². The minimum Gasteiger partial charge on any atom is -0.356 e. The maximum atomic E-state index is 14.8. The van der Waals surface area contributed by atoms with E-state index in [2.05, 4.69) is 72.8 Å². The molecule has 12 rings (SSSR count). The molecule has 2 aromatic heterocycles. The number of carbonyl (C=O) groups excluding carboxylic acids is 1. The van der Waals surface area contributed by atoms with Gasteiger partial charge < -0.3 is 24.6 Å². The average Bonchev–Trinajstić information content (AvgIpc) is 3.81. The molecule has 268 valence electrons. The summed E-state index contributed by atoms with van der Waals surface area (Å²) in [7, 11) is 0. The number of nitrogens with one attached hydrogen (secondary N) is 1. The van der Waals surface area contributed by atoms with E-state index in [-0.39, 0.29) is 16.9 Å². The van der Waals surface area contributed by atoms with E-state index in [4.69, 9.17) is 9.97 Å². The Morgan fingerprint density at radius 3 is 2.24 bits per heavy atom. The largest absolute Gasteiger partial charge is 0.356 e. The van der Waals surface area contributed by atoms with Crippen LogP contribution in [0.4, 0.5) is 17.6 Å². The first-order chi connectivity index (χ1) is 25.0. The minimum atomic E-state index is 0.0115. The van der Waals surface area contributed by atoms with Crippen molar-refractivity contribution in [3.8, 4) is 0 Å². The lowest BCUT2D eigenvalue weighted by atomic mass is 9.53. The number of para-hydroxylation sites is 1. The summed E-state index contributed by atoms with van der Waals surface area (Å²) in [4.78, 5) is 35.0. The molecule has 1 N–H and O–H groups in total. The lowest BCUT2D eigenvalue weighted by Gasteiger charge is -2.56. The summed E-state index contributed by atoms with van der Waals surface area (Å²) in [5.74, 6) is 5.73. The molecule has 0 radical (unpaired) electrons. The number of piperazine rings is 1. The van der Waals surface area contributed by atoms with Gasteiger partial charge in [-0.3, -0.25) is 9.69 Å². The summed E-state index contributed by atoms with van der Waals surface area (Å²) >= 11 is 0. The van der Waals surface area contributed by atoms with Crippen LogP contribution in [0, 0.1) is 23.2 Å². The molecule has 7 heterocycles. The highest BCUT2D eigenvalue weighted by Crippen LogP contribution is 2.58. The van der Waals surface area contributed by atoms with Crippen LogP contribution in [0.2, 0.25) is 0 Å². The molecule has 9 aliphatic rings. The van der Waals surface area contributed by atoms with Crippen molar-refractivity contribution in [3.05, 3.63) is 47.7 Å². The minimum absolute atomic E-state index is 0.0115. The zero-order valence-corrected chi connectivity index (χ0v) is 30.5. The smallest absolute Gasteiger partial charge is 0.270 e. The molecule has 9 heteroatoms. The molecule has 3 saturated heterocycles. The monoisotopic (exact) mass is 686 g/mol. The van der Waals surface area contributed by atoms with Gasteiger partial charge in [0, 0.05) is 73.9 Å². The van der Waals surface area contributed by atoms with Gasteiger partial charge in [-0.1, -0.05) is 25.1 Å². The first kappa shape index (κ1) is 31.0. The lowest BCUT2D eigenvalue weighted by molar-refractivity contribution is -0.125. The van der Waals surface area contributed by atoms with Gasteiger partial charge in [-0.05, 0) is 119 Å². The van der Waals surface area contributed by atoms with Crippen molar-refractivity contribution >= 4 is 40.1 Å². The molecule has 7 fully saturated rings. The van der Waals surface area contributed by atoms with Crippen molar-refractivity contribution in [2.24, 2.45) is 23.2 Å². The van der Waals surface area contributed by atoms with Gasteiger partial charge in [0.2, 0.25) is 5.95 Å². The molecule has 3 aromatic rings. The Bertz CT molecular complexity index is 1880. The zero-order valence-electron chi connectivity index (χ0n) is 30.5. The molecule has 51 heavy (non-hydrogen) atoms. The Kier molecular flexibility index (Phi) is 6.96. The topological polar surface area (TPSA) is 72.8 Å². The molecule has 4 bridgehead atoms. The van der Waals surface area contributed by atoms with Gasteiger partial charge in [0.05, 0.1) is 11.6 Å². The Balaban J connectivity index is 0.886. The highest BCUT2D eigenvalue weighted by molar-refractivity contribution is 6.16. The van der Waals surface area contributed by atoms with Crippen LogP contribution in [-0.4, -0.2) is 88.1 Å². The van der Waals surface area contributed by atoms with Crippen LogP contribution in [0.3, 0.4) is 0 Å². The summed E-state index contributed by atoms with van der Waals surface area (Å²) in [6.45, 7) is 9.74. The summed E-state index contributed by atoms with van der Waals surface area (Å²) in [6, 6.07) is 11.4. The second kappa shape index (κ2) is 11.5. The van der Waals surface area contributed by atoms with Crippen LogP contribution in [-0.2, 0) is 11.2 Å². The molecule has 2 atom stereocenters. The summed E-state index contributed by atoms with van der Waals surface area (Å²) < 4.78 is 2.39. The number of hydrogen-bond acceptors (Lipinski definition) is 7. The van der Waals surface area contributed by atoms with Crippen LogP contribution < -0.4 is 15.1 Å². The van der Waals surface area contributed by atoms with Gasteiger partial charge in [-0.2, -0.15) is 9.97 Å². The first-order valence-corrected chi connectivity index (χ1v) is 20.5. The number of benzene rings is 1. The van der Waals surface area contributed by atoms with E-state index in [0.717, 1.165) is 99.6 Å². The second-order valence-electron chi connectivity index (χ2n) is 17.8. The molecule has 1 aromatic carbocycles. The number of aromatic nitrogens is 3. The fourth-order valence-electron chi connectivity index (χ4n) is 13.0. The van der Waals surface area contributed by atoms with E-state index >= 15 is 0 Å². The number of carbonyl (C=O) groups is 1. The highest BCUT2D eigenvalue weighted by Gasteiger charge is 2.53. The van der Waals surface area contributed by atoms with Crippen LogP contribution in [0.1, 0.15) is 94.9 Å². The molecule has 1 amide bonds. The standard InChI is InChI=1S/C42H54N8O/c1-2-41-11-7-14-48-15-10-32-31-8-3-4-9-33(31)50(37(32)38(41)48)34(27-41)39(51)49-18-16-47(17-19-49)36-23-35(46-12-5-6-13-46)43-40(44-36)45-42-24-28-20-29(25-42)22-30(21-28)26-42/h3-4,8-9,23,27-30,38H,2,5-7,10-22,24-26H2,1H3,(H,43,44,45)/t28?,29?,30?,38-,41+,42?/m1/s1. The number of rotatable bonds is 6. The van der Waals surface area contributed by atoms with Crippen LogP contribution in [0.15, 0.2) is 36.4 Å². The van der Waals surface area contributed by atoms with E-state index in [9.17, 15) is 4.79 Å². The van der Waals surface area contributed by atoms with E-state index in [1.807, 2.05) is 0 Å². The van der Waals surface area contributed by atoms with Crippen molar-refractivity contribution < 1.29 is 4.79 Å². The van der Waals surface area contributed by atoms with Crippen LogP contribution in [0.5, 0.6) is 0 Å². The van der Waals surface area contributed by atoms with Crippen molar-refractivity contribution in [2.45, 2.75) is 95.6 Å². The number of nitrogens with zero attached hydrogens (tertiary/aromatic N) is 7. The normalized spacial score (nSPS) is 33.9. The molecular weight excluding hydrogens is 633 g/mol. The average molecular weight is 687 g/mol. The Labute approximate surface area is 302 Å². The molecule has 4 saturated carbocycles. The van der Waals surface area contributed by atoms with Crippen molar-refractivity contribution in [3.63, 3.8) is 0 Å². The fourth-order valence-corrected chi connectivity index (χ4v) is 13.0. The molecule has 4 aliphatic carbocycles. The zero-order chi connectivity index (χ0) is 33.9. The Hall–Kier alpha value is -3.59. The van der Waals surface area contributed by atoms with E-state index in [1.54, 1.807) is 0 Å². The molecule has 0 unspecified atom stereocenters. The van der Waals surface area contributed by atoms with Gasteiger partial charge >= 0.3 is 0 Å². The summed E-state index contributed by atoms with van der Waals surface area (Å²) in [5, 5.41) is 5.35. The van der Waals surface area contributed by atoms with Gasteiger partial charge in [-0.25, -0.2) is 0 Å². The maximum Gasteiger partial charge on any atom is 0.270 e. The molecule has 0 spiro atoms. The third-order valence-corrected chi connectivity index (χ3v) is 14.9. The second-order valence-corrected chi connectivity index (χ2v) is 17.8. The Morgan fingerprint density at radius 2 is 1.53 bits per heavy atom. The summed E-state index contributed by atoms with van der Waals surface area (Å²) in [5.41, 5.74) is 5.15. The van der Waals surface area contributed by atoms with Gasteiger partial charge in [-0.15, -0.1) is 0 Å². The fraction of sp³-hybridized carbons (Fsp3) is 0.643. The van der Waals surface area contributed by atoms with E-state index < -0.39 is 0 Å². The number of piperidine rings is 1. The predicted molar refractivity (Wildman–Crippen MR) is 203 cm³/mol.